The molecule has 0 spiro atoms. The van der Waals surface area contributed by atoms with E-state index >= 15 is 0 Å². The molecule has 0 amide bonds. The summed E-state index contributed by atoms with van der Waals surface area (Å²) in [6.07, 6.45) is 5.04. The maximum Gasteiger partial charge on any atom is 0.129 e. The highest BCUT2D eigenvalue weighted by atomic mass is 35.5. The second-order valence-corrected chi connectivity index (χ2v) is 6.82. The molecule has 2 atom stereocenters. The fourth-order valence-electron chi connectivity index (χ4n) is 3.37. The first-order chi connectivity index (χ1) is 10.5. The Morgan fingerprint density at radius 3 is 2.91 bits per heavy atom. The molecule has 1 saturated heterocycles. The third-order valence-electron chi connectivity index (χ3n) is 4.63. The van der Waals surface area contributed by atoms with Crippen molar-refractivity contribution in [3.05, 3.63) is 34.9 Å². The van der Waals surface area contributed by atoms with Gasteiger partial charge in [-0.1, -0.05) is 23.7 Å². The van der Waals surface area contributed by atoms with Crippen molar-refractivity contribution < 1.29 is 9.90 Å². The summed E-state index contributed by atoms with van der Waals surface area (Å²) in [6.45, 7) is 3.47. The summed E-state index contributed by atoms with van der Waals surface area (Å²) in [5, 5.41) is 15.5. The van der Waals surface area contributed by atoms with Crippen molar-refractivity contribution in [1.29, 1.82) is 0 Å². The van der Waals surface area contributed by atoms with Crippen molar-refractivity contribution >= 4 is 17.4 Å². The molecule has 1 aromatic rings. The maximum absolute atomic E-state index is 11.4. The van der Waals surface area contributed by atoms with Crippen LogP contribution in [0.3, 0.4) is 0 Å². The van der Waals surface area contributed by atoms with Crippen LogP contribution >= 0.6 is 11.6 Å². The third kappa shape index (κ3) is 4.55. The standard InChI is InChI=1S/C18H26ClNO2/c1-14(21)6-2-3-10-18(22,16-8-5-11-20-13-16)15-7-4-9-17(19)12-15/h4,7,9,12,16,20,22H,2-3,5-6,8,10-11,13H2,1H3. The Morgan fingerprint density at radius 2 is 2.27 bits per heavy atom. The van der Waals surface area contributed by atoms with E-state index in [1.807, 2.05) is 24.3 Å². The third-order valence-corrected chi connectivity index (χ3v) is 4.87. The molecule has 122 valence electrons. The molecule has 2 N–H and O–H groups in total. The number of hydrogen-bond acceptors (Lipinski definition) is 3. The normalized spacial score (nSPS) is 21.3. The zero-order valence-electron chi connectivity index (χ0n) is 13.3. The molecule has 2 unspecified atom stereocenters. The molecule has 1 fully saturated rings. The Hall–Kier alpha value is -0.900. The van der Waals surface area contributed by atoms with E-state index in [0.29, 0.717) is 17.9 Å². The van der Waals surface area contributed by atoms with Crippen molar-refractivity contribution in [3.63, 3.8) is 0 Å². The molecule has 3 nitrogen and oxygen atoms in total. The number of rotatable bonds is 7. The lowest BCUT2D eigenvalue weighted by Crippen LogP contribution is -2.44. The minimum Gasteiger partial charge on any atom is -0.385 e. The van der Waals surface area contributed by atoms with Gasteiger partial charge in [0.2, 0.25) is 0 Å². The number of nitrogens with one attached hydrogen (secondary N) is 1. The Kier molecular flexibility index (Phi) is 6.42. The Balaban J connectivity index is 2.13. The molecule has 1 heterocycles. The number of carbonyl (C=O) groups excluding carboxylic acids is 1. The average Bonchev–Trinajstić information content (AvgIpc) is 2.52. The molecule has 2 rings (SSSR count). The van der Waals surface area contributed by atoms with E-state index in [4.69, 9.17) is 11.6 Å². The zero-order valence-corrected chi connectivity index (χ0v) is 14.0. The predicted octanol–water partition coefficient (Wildman–Crippen LogP) is 3.68. The highest BCUT2D eigenvalue weighted by Crippen LogP contribution is 2.39. The van der Waals surface area contributed by atoms with Crippen LogP contribution in [0.1, 0.15) is 51.0 Å². The first-order valence-corrected chi connectivity index (χ1v) is 8.59. The summed E-state index contributed by atoms with van der Waals surface area (Å²) >= 11 is 6.12. The summed E-state index contributed by atoms with van der Waals surface area (Å²) in [5.41, 5.74) is 0.0336. The van der Waals surface area contributed by atoms with Crippen molar-refractivity contribution in [2.24, 2.45) is 5.92 Å². The van der Waals surface area contributed by atoms with Gasteiger partial charge in [0.25, 0.3) is 0 Å². The summed E-state index contributed by atoms with van der Waals surface area (Å²) in [5.74, 6) is 0.405. The molecule has 0 aromatic heterocycles. The molecule has 22 heavy (non-hydrogen) atoms. The average molecular weight is 324 g/mol. The number of carbonyl (C=O) groups is 1. The number of halogens is 1. The molecule has 0 saturated carbocycles. The van der Waals surface area contributed by atoms with Crippen LogP contribution in [0.15, 0.2) is 24.3 Å². The molecule has 1 aliphatic heterocycles. The minimum absolute atomic E-state index is 0.192. The van der Waals surface area contributed by atoms with E-state index < -0.39 is 5.60 Å². The highest BCUT2D eigenvalue weighted by Gasteiger charge is 2.38. The lowest BCUT2D eigenvalue weighted by atomic mass is 9.74. The molecular weight excluding hydrogens is 298 g/mol. The van der Waals surface area contributed by atoms with Crippen LogP contribution in [0.2, 0.25) is 5.02 Å². The van der Waals surface area contributed by atoms with Gasteiger partial charge in [-0.15, -0.1) is 0 Å². The Labute approximate surface area is 138 Å². The SMILES string of the molecule is CC(=O)CCCCC(O)(c1cccc(Cl)c1)C1CCCNC1. The fourth-order valence-corrected chi connectivity index (χ4v) is 3.56. The number of Topliss-reactive ketones (excluding diaryl/α,β-unsaturated/α-hetero) is 1. The van der Waals surface area contributed by atoms with Gasteiger partial charge in [-0.3, -0.25) is 0 Å². The van der Waals surface area contributed by atoms with Crippen LogP contribution < -0.4 is 5.32 Å². The van der Waals surface area contributed by atoms with Crippen LogP contribution in [-0.2, 0) is 10.4 Å². The Morgan fingerprint density at radius 1 is 1.45 bits per heavy atom. The summed E-state index contributed by atoms with van der Waals surface area (Å²) in [4.78, 5) is 11.1. The van der Waals surface area contributed by atoms with Gasteiger partial charge in [-0.05, 0) is 63.3 Å². The van der Waals surface area contributed by atoms with Crippen molar-refractivity contribution in [2.45, 2.75) is 51.0 Å². The van der Waals surface area contributed by atoms with Gasteiger partial charge in [0.05, 0.1) is 5.60 Å². The first-order valence-electron chi connectivity index (χ1n) is 8.21. The number of unbranched alkanes of at least 4 members (excludes halogenated alkanes) is 1. The quantitative estimate of drug-likeness (QED) is 0.753. The van der Waals surface area contributed by atoms with Gasteiger partial charge in [0.1, 0.15) is 5.78 Å². The van der Waals surface area contributed by atoms with Crippen molar-refractivity contribution in [2.75, 3.05) is 13.1 Å². The monoisotopic (exact) mass is 323 g/mol. The second-order valence-electron chi connectivity index (χ2n) is 6.39. The highest BCUT2D eigenvalue weighted by molar-refractivity contribution is 6.30. The summed E-state index contributed by atoms with van der Waals surface area (Å²) in [6, 6.07) is 7.57. The van der Waals surface area contributed by atoms with Crippen LogP contribution in [0.5, 0.6) is 0 Å². The molecule has 0 radical (unpaired) electrons. The maximum atomic E-state index is 11.4. The van der Waals surface area contributed by atoms with Crippen LogP contribution in [0.25, 0.3) is 0 Å². The predicted molar refractivity (Wildman–Crippen MR) is 90.1 cm³/mol. The van der Waals surface area contributed by atoms with Gasteiger partial charge < -0.3 is 15.2 Å². The second kappa shape index (κ2) is 8.09. The van der Waals surface area contributed by atoms with Crippen molar-refractivity contribution in [3.8, 4) is 0 Å². The van der Waals surface area contributed by atoms with Crippen LogP contribution in [-0.4, -0.2) is 24.0 Å². The van der Waals surface area contributed by atoms with Gasteiger partial charge >= 0.3 is 0 Å². The lowest BCUT2D eigenvalue weighted by molar-refractivity contribution is -0.117. The number of piperidine rings is 1. The van der Waals surface area contributed by atoms with E-state index in [2.05, 4.69) is 5.32 Å². The van der Waals surface area contributed by atoms with Gasteiger partial charge in [0, 0.05) is 23.9 Å². The lowest BCUT2D eigenvalue weighted by Gasteiger charge is -2.39. The van der Waals surface area contributed by atoms with Gasteiger partial charge in [-0.25, -0.2) is 0 Å². The van der Waals surface area contributed by atoms with Crippen LogP contribution in [0.4, 0.5) is 0 Å². The topological polar surface area (TPSA) is 49.3 Å². The number of hydrogen-bond donors (Lipinski definition) is 2. The summed E-state index contributed by atoms with van der Waals surface area (Å²) < 4.78 is 0. The van der Waals surface area contributed by atoms with E-state index in [1.54, 1.807) is 6.92 Å². The molecule has 4 heteroatoms. The largest absolute Gasteiger partial charge is 0.385 e. The zero-order chi connectivity index (χ0) is 16.0. The van der Waals surface area contributed by atoms with Crippen molar-refractivity contribution in [1.82, 2.24) is 5.32 Å². The molecular formula is C18H26ClNO2. The first kappa shape index (κ1) is 17.5. The molecule has 0 aliphatic carbocycles. The fraction of sp³-hybridized carbons (Fsp3) is 0.611. The smallest absolute Gasteiger partial charge is 0.129 e. The number of benzene rings is 1. The number of ketones is 1. The Bertz CT molecular complexity index is 500. The van der Waals surface area contributed by atoms with E-state index in [1.165, 1.54) is 0 Å². The van der Waals surface area contributed by atoms with Gasteiger partial charge in [-0.2, -0.15) is 0 Å². The van der Waals surface area contributed by atoms with Gasteiger partial charge in [0.15, 0.2) is 0 Å². The molecule has 1 aliphatic rings. The van der Waals surface area contributed by atoms with E-state index in [9.17, 15) is 9.90 Å². The number of aliphatic hydroxyl groups is 1. The molecule has 0 bridgehead atoms. The molecule has 1 aromatic carbocycles. The summed E-state index contributed by atoms with van der Waals surface area (Å²) in [7, 11) is 0. The van der Waals surface area contributed by atoms with Crippen LogP contribution in [0, 0.1) is 5.92 Å². The van der Waals surface area contributed by atoms with E-state index in [-0.39, 0.29) is 11.7 Å². The minimum atomic E-state index is -0.866. The van der Waals surface area contributed by atoms with E-state index in [0.717, 1.165) is 44.3 Å².